The number of hydrogen-bond donors (Lipinski definition) is 1. The summed E-state index contributed by atoms with van der Waals surface area (Å²) in [6, 6.07) is 9.12. The Morgan fingerprint density at radius 2 is 1.91 bits per heavy atom. The van der Waals surface area contributed by atoms with E-state index in [0.717, 1.165) is 36.3 Å². The highest BCUT2D eigenvalue weighted by molar-refractivity contribution is 9.10. The van der Waals surface area contributed by atoms with Crippen LogP contribution in [0.4, 0.5) is 11.6 Å². The quantitative estimate of drug-likeness (QED) is 0.891. The highest BCUT2D eigenvalue weighted by Gasteiger charge is 2.18. The number of piperazine rings is 1. The molecule has 1 fully saturated rings. The summed E-state index contributed by atoms with van der Waals surface area (Å²) in [7, 11) is 2.10. The van der Waals surface area contributed by atoms with Gasteiger partial charge in [0.25, 0.3) is 5.91 Å². The van der Waals surface area contributed by atoms with Crippen molar-refractivity contribution in [3.05, 3.63) is 46.7 Å². The minimum Gasteiger partial charge on any atom is -0.338 e. The molecule has 1 amide bonds. The molecule has 7 heteroatoms. The second kappa shape index (κ2) is 7.06. The normalized spacial score (nSPS) is 15.5. The summed E-state index contributed by atoms with van der Waals surface area (Å²) in [5.41, 5.74) is 1.09. The van der Waals surface area contributed by atoms with Crippen LogP contribution >= 0.6 is 15.9 Å². The zero-order chi connectivity index (χ0) is 16.2. The van der Waals surface area contributed by atoms with Gasteiger partial charge in [0.1, 0.15) is 5.69 Å². The molecule has 2 heterocycles. The van der Waals surface area contributed by atoms with Crippen molar-refractivity contribution in [2.75, 3.05) is 43.4 Å². The number of aromatic nitrogens is 2. The highest BCUT2D eigenvalue weighted by Crippen LogP contribution is 2.21. The number of likely N-dealkylation sites (N-methyl/N-ethyl adjacent to an activating group) is 1. The lowest BCUT2D eigenvalue weighted by molar-refractivity contribution is 0.102. The molecule has 1 N–H and O–H groups in total. The van der Waals surface area contributed by atoms with Crippen molar-refractivity contribution in [2.45, 2.75) is 0 Å². The van der Waals surface area contributed by atoms with E-state index in [0.29, 0.717) is 11.6 Å². The molecule has 0 saturated carbocycles. The van der Waals surface area contributed by atoms with E-state index < -0.39 is 0 Å². The lowest BCUT2D eigenvalue weighted by Crippen LogP contribution is -2.45. The number of halogens is 1. The molecule has 1 aromatic carbocycles. The number of para-hydroxylation sites is 1. The molecule has 6 nitrogen and oxygen atoms in total. The van der Waals surface area contributed by atoms with Crippen LogP contribution in [0.2, 0.25) is 0 Å². The molecule has 0 aliphatic carbocycles. The van der Waals surface area contributed by atoms with Gasteiger partial charge in [-0.1, -0.05) is 12.1 Å². The monoisotopic (exact) mass is 375 g/mol. The molecule has 0 bridgehead atoms. The molecular formula is C16H18BrN5O. The smallest absolute Gasteiger partial charge is 0.274 e. The molecule has 23 heavy (non-hydrogen) atoms. The molecular weight excluding hydrogens is 358 g/mol. The number of nitrogens with zero attached hydrogens (tertiary/aromatic N) is 4. The molecule has 3 rings (SSSR count). The highest BCUT2D eigenvalue weighted by atomic mass is 79.9. The number of carbonyl (C=O) groups is 1. The van der Waals surface area contributed by atoms with E-state index in [1.165, 1.54) is 0 Å². The summed E-state index contributed by atoms with van der Waals surface area (Å²) in [6.07, 6.45) is 1.63. The van der Waals surface area contributed by atoms with Crippen molar-refractivity contribution >= 4 is 33.5 Å². The zero-order valence-electron chi connectivity index (χ0n) is 12.9. The first-order valence-electron chi connectivity index (χ1n) is 7.46. The van der Waals surface area contributed by atoms with Gasteiger partial charge in [0.15, 0.2) is 0 Å². The summed E-state index contributed by atoms with van der Waals surface area (Å²) in [6.45, 7) is 3.67. The topological polar surface area (TPSA) is 61.4 Å². The van der Waals surface area contributed by atoms with Gasteiger partial charge >= 0.3 is 0 Å². The Balaban J connectivity index is 1.74. The van der Waals surface area contributed by atoms with E-state index in [1.54, 1.807) is 12.3 Å². The first-order valence-corrected chi connectivity index (χ1v) is 8.25. The van der Waals surface area contributed by atoms with E-state index in [-0.39, 0.29) is 5.91 Å². The van der Waals surface area contributed by atoms with Crippen LogP contribution < -0.4 is 10.2 Å². The third-order valence-electron chi connectivity index (χ3n) is 3.78. The molecule has 1 aliphatic rings. The summed E-state index contributed by atoms with van der Waals surface area (Å²) < 4.78 is 0.835. The van der Waals surface area contributed by atoms with Gasteiger partial charge in [-0.3, -0.25) is 4.79 Å². The van der Waals surface area contributed by atoms with Gasteiger partial charge in [0.05, 0.1) is 5.69 Å². The number of hydrogen-bond acceptors (Lipinski definition) is 5. The van der Waals surface area contributed by atoms with E-state index in [1.807, 2.05) is 24.3 Å². The maximum absolute atomic E-state index is 12.4. The predicted octanol–water partition coefficient (Wildman–Crippen LogP) is 2.24. The second-order valence-corrected chi connectivity index (χ2v) is 6.32. The van der Waals surface area contributed by atoms with Gasteiger partial charge in [0.2, 0.25) is 5.95 Å². The Hall–Kier alpha value is -1.99. The maximum atomic E-state index is 12.4. The fraction of sp³-hybridized carbons (Fsp3) is 0.312. The van der Waals surface area contributed by atoms with E-state index in [4.69, 9.17) is 0 Å². The average molecular weight is 376 g/mol. The first kappa shape index (κ1) is 15.9. The fourth-order valence-electron chi connectivity index (χ4n) is 2.38. The number of carbonyl (C=O) groups excluding carboxylic acids is 1. The Bertz CT molecular complexity index is 700. The summed E-state index contributed by atoms with van der Waals surface area (Å²) in [4.78, 5) is 25.5. The Kier molecular flexibility index (Phi) is 4.88. The third-order valence-corrected chi connectivity index (χ3v) is 4.48. The SMILES string of the molecule is CN1CCN(c2nccc(C(=O)Nc3ccccc3Br)n2)CC1. The van der Waals surface area contributed by atoms with E-state index in [9.17, 15) is 4.79 Å². The van der Waals surface area contributed by atoms with E-state index in [2.05, 4.69) is 48.1 Å². The van der Waals surface area contributed by atoms with Gasteiger partial charge in [-0.05, 0) is 41.2 Å². The third kappa shape index (κ3) is 3.86. The molecule has 0 atom stereocenters. The molecule has 1 aromatic heterocycles. The van der Waals surface area contributed by atoms with Crippen LogP contribution in [0.25, 0.3) is 0 Å². The van der Waals surface area contributed by atoms with E-state index >= 15 is 0 Å². The molecule has 0 spiro atoms. The van der Waals surface area contributed by atoms with Crippen LogP contribution in [0.5, 0.6) is 0 Å². The van der Waals surface area contributed by atoms with Crippen LogP contribution in [-0.4, -0.2) is 54.0 Å². The Morgan fingerprint density at radius 3 is 2.65 bits per heavy atom. The number of amides is 1. The fourth-order valence-corrected chi connectivity index (χ4v) is 2.77. The Labute approximate surface area is 143 Å². The van der Waals surface area contributed by atoms with Gasteiger partial charge in [-0.2, -0.15) is 0 Å². The maximum Gasteiger partial charge on any atom is 0.274 e. The van der Waals surface area contributed by atoms with Gasteiger partial charge < -0.3 is 15.1 Å². The summed E-state index contributed by atoms with van der Waals surface area (Å²) >= 11 is 3.42. The second-order valence-electron chi connectivity index (χ2n) is 5.47. The van der Waals surface area contributed by atoms with Crippen molar-refractivity contribution in [1.82, 2.24) is 14.9 Å². The van der Waals surface area contributed by atoms with Crippen molar-refractivity contribution in [3.8, 4) is 0 Å². The number of nitrogens with one attached hydrogen (secondary N) is 1. The lowest BCUT2D eigenvalue weighted by atomic mass is 10.3. The van der Waals surface area contributed by atoms with Crippen LogP contribution in [-0.2, 0) is 0 Å². The van der Waals surface area contributed by atoms with Crippen LogP contribution in [0.15, 0.2) is 41.0 Å². The van der Waals surface area contributed by atoms with Crippen molar-refractivity contribution in [1.29, 1.82) is 0 Å². The Morgan fingerprint density at radius 1 is 1.17 bits per heavy atom. The van der Waals surface area contributed by atoms with Crippen molar-refractivity contribution < 1.29 is 4.79 Å². The van der Waals surface area contributed by atoms with Gasteiger partial charge in [-0.25, -0.2) is 9.97 Å². The van der Waals surface area contributed by atoms with Gasteiger partial charge in [0, 0.05) is 36.8 Å². The van der Waals surface area contributed by atoms with Crippen LogP contribution in [0, 0.1) is 0 Å². The average Bonchev–Trinajstić information content (AvgIpc) is 2.58. The molecule has 1 aliphatic heterocycles. The summed E-state index contributed by atoms with van der Waals surface area (Å²) in [5, 5.41) is 2.86. The predicted molar refractivity (Wildman–Crippen MR) is 93.8 cm³/mol. The minimum absolute atomic E-state index is 0.241. The molecule has 2 aromatic rings. The molecule has 0 unspecified atom stereocenters. The summed E-state index contributed by atoms with van der Waals surface area (Å²) in [5.74, 6) is 0.368. The number of benzene rings is 1. The number of rotatable bonds is 3. The molecule has 120 valence electrons. The van der Waals surface area contributed by atoms with Crippen molar-refractivity contribution in [3.63, 3.8) is 0 Å². The first-order chi connectivity index (χ1) is 11.1. The van der Waals surface area contributed by atoms with Gasteiger partial charge in [-0.15, -0.1) is 0 Å². The van der Waals surface area contributed by atoms with Crippen LogP contribution in [0.3, 0.4) is 0 Å². The molecule has 0 radical (unpaired) electrons. The number of anilines is 2. The lowest BCUT2D eigenvalue weighted by Gasteiger charge is -2.32. The minimum atomic E-state index is -0.241. The largest absolute Gasteiger partial charge is 0.338 e. The molecule has 1 saturated heterocycles. The van der Waals surface area contributed by atoms with Crippen molar-refractivity contribution in [2.24, 2.45) is 0 Å². The van der Waals surface area contributed by atoms with Crippen LogP contribution in [0.1, 0.15) is 10.5 Å². The standard InChI is InChI=1S/C16H18BrN5O/c1-21-8-10-22(11-9-21)16-18-7-6-14(20-16)15(23)19-13-5-3-2-4-12(13)17/h2-7H,8-11H2,1H3,(H,19,23). The zero-order valence-corrected chi connectivity index (χ0v) is 14.5.